The van der Waals surface area contributed by atoms with Gasteiger partial charge in [-0.2, -0.15) is 0 Å². The average molecular weight is 446 g/mol. The van der Waals surface area contributed by atoms with Crippen molar-refractivity contribution in [3.8, 4) is 17.2 Å². The normalized spacial score (nSPS) is 11.3. The highest BCUT2D eigenvalue weighted by atomic mass is 16.5. The predicted molar refractivity (Wildman–Crippen MR) is 134 cm³/mol. The summed E-state index contributed by atoms with van der Waals surface area (Å²) in [6.45, 7) is 9.56. The molecule has 1 heterocycles. The molecule has 2 rings (SSSR count). The molecule has 5 heteroatoms. The Morgan fingerprint density at radius 2 is 1.53 bits per heavy atom. The number of hydrogen-bond acceptors (Lipinski definition) is 4. The van der Waals surface area contributed by atoms with E-state index in [1.807, 2.05) is 36.6 Å². The van der Waals surface area contributed by atoms with Crippen LogP contribution in [0.5, 0.6) is 17.2 Å². The Balaban J connectivity index is 2.41. The quantitative estimate of drug-likeness (QED) is 0.258. The topological polar surface area (TPSA) is 49.7 Å². The summed E-state index contributed by atoms with van der Waals surface area (Å²) in [6, 6.07) is 5.85. The van der Waals surface area contributed by atoms with Gasteiger partial charge in [-0.1, -0.05) is 65.2 Å². The zero-order valence-corrected chi connectivity index (χ0v) is 20.9. The van der Waals surface area contributed by atoms with Crippen molar-refractivity contribution in [2.45, 2.75) is 105 Å². The molecule has 2 aromatic rings. The van der Waals surface area contributed by atoms with E-state index in [4.69, 9.17) is 14.2 Å². The standard InChI is InChI=1S/C27H43NO4/c1-6-8-10-12-13-14-18-28-24-20-22(30-5)16-17-23(24)25(31-19-15-11-9-7-2)26(27(28)29)32-21(3)4/h16-17,20-21H,6-15,18-19H2,1-5H3. The summed E-state index contributed by atoms with van der Waals surface area (Å²) in [5.41, 5.74) is 0.735. The summed E-state index contributed by atoms with van der Waals surface area (Å²) in [5.74, 6) is 1.64. The van der Waals surface area contributed by atoms with E-state index in [2.05, 4.69) is 13.8 Å². The molecule has 0 amide bonds. The summed E-state index contributed by atoms with van der Waals surface area (Å²) in [5, 5.41) is 0.905. The Morgan fingerprint density at radius 1 is 0.875 bits per heavy atom. The van der Waals surface area contributed by atoms with Gasteiger partial charge in [-0.3, -0.25) is 4.79 Å². The number of hydrogen-bond donors (Lipinski definition) is 0. The molecule has 5 nitrogen and oxygen atoms in total. The van der Waals surface area contributed by atoms with Crippen LogP contribution in [-0.4, -0.2) is 24.4 Å². The Morgan fingerprint density at radius 3 is 2.19 bits per heavy atom. The molecule has 180 valence electrons. The zero-order valence-electron chi connectivity index (χ0n) is 20.9. The second-order valence-corrected chi connectivity index (χ2v) is 8.84. The number of benzene rings is 1. The number of unbranched alkanes of at least 4 members (excludes halogenated alkanes) is 8. The summed E-state index contributed by atoms with van der Waals surface area (Å²) < 4.78 is 19.5. The number of nitrogens with zero attached hydrogens (tertiary/aromatic N) is 1. The van der Waals surface area contributed by atoms with Gasteiger partial charge in [0.05, 0.1) is 25.3 Å². The molecule has 0 bridgehead atoms. The number of rotatable bonds is 16. The molecule has 32 heavy (non-hydrogen) atoms. The van der Waals surface area contributed by atoms with Crippen molar-refractivity contribution in [1.82, 2.24) is 4.57 Å². The number of ether oxygens (including phenoxy) is 3. The van der Waals surface area contributed by atoms with Gasteiger partial charge in [0.1, 0.15) is 5.75 Å². The molecule has 0 fully saturated rings. The lowest BCUT2D eigenvalue weighted by Crippen LogP contribution is -2.25. The van der Waals surface area contributed by atoms with Crippen LogP contribution in [0.25, 0.3) is 10.9 Å². The van der Waals surface area contributed by atoms with Crippen LogP contribution >= 0.6 is 0 Å². The van der Waals surface area contributed by atoms with Gasteiger partial charge in [-0.15, -0.1) is 0 Å². The molecule has 0 saturated heterocycles. The van der Waals surface area contributed by atoms with Crippen LogP contribution in [0, 0.1) is 0 Å². The van der Waals surface area contributed by atoms with Gasteiger partial charge >= 0.3 is 0 Å². The van der Waals surface area contributed by atoms with Crippen molar-refractivity contribution in [3.05, 3.63) is 28.6 Å². The fourth-order valence-electron chi connectivity index (χ4n) is 3.96. The van der Waals surface area contributed by atoms with E-state index in [0.29, 0.717) is 24.7 Å². The molecule has 1 aromatic carbocycles. The minimum absolute atomic E-state index is 0.108. The summed E-state index contributed by atoms with van der Waals surface area (Å²) in [7, 11) is 1.65. The van der Waals surface area contributed by atoms with Crippen LogP contribution in [0.2, 0.25) is 0 Å². The molecular formula is C27H43NO4. The van der Waals surface area contributed by atoms with Gasteiger partial charge in [-0.05, 0) is 38.8 Å². The van der Waals surface area contributed by atoms with Gasteiger partial charge in [0.2, 0.25) is 5.75 Å². The monoisotopic (exact) mass is 445 g/mol. The molecule has 0 unspecified atom stereocenters. The molecule has 0 aliphatic heterocycles. The Hall–Kier alpha value is -2.17. The fraction of sp³-hybridized carbons (Fsp3) is 0.667. The second kappa shape index (κ2) is 14.1. The van der Waals surface area contributed by atoms with Crippen molar-refractivity contribution in [2.24, 2.45) is 0 Å². The third-order valence-corrected chi connectivity index (χ3v) is 5.72. The van der Waals surface area contributed by atoms with Crippen molar-refractivity contribution in [3.63, 3.8) is 0 Å². The lowest BCUT2D eigenvalue weighted by Gasteiger charge is -2.20. The molecule has 0 aliphatic carbocycles. The van der Waals surface area contributed by atoms with Gasteiger partial charge in [0, 0.05) is 18.0 Å². The highest BCUT2D eigenvalue weighted by Gasteiger charge is 2.21. The molecule has 0 radical (unpaired) electrons. The number of aryl methyl sites for hydroxylation is 1. The molecule has 1 aromatic heterocycles. The van der Waals surface area contributed by atoms with Gasteiger partial charge in [-0.25, -0.2) is 0 Å². The van der Waals surface area contributed by atoms with Crippen molar-refractivity contribution in [1.29, 1.82) is 0 Å². The van der Waals surface area contributed by atoms with E-state index in [-0.39, 0.29) is 11.7 Å². The minimum Gasteiger partial charge on any atom is -0.497 e. The number of fused-ring (bicyclic) bond motifs is 1. The smallest absolute Gasteiger partial charge is 0.297 e. The maximum atomic E-state index is 13.6. The average Bonchev–Trinajstić information content (AvgIpc) is 2.78. The maximum Gasteiger partial charge on any atom is 0.297 e. The van der Waals surface area contributed by atoms with Crippen LogP contribution in [0.1, 0.15) is 91.9 Å². The van der Waals surface area contributed by atoms with E-state index < -0.39 is 0 Å². The van der Waals surface area contributed by atoms with Gasteiger partial charge in [0.15, 0.2) is 5.75 Å². The largest absolute Gasteiger partial charge is 0.497 e. The third kappa shape index (κ3) is 7.46. The SMILES string of the molecule is CCCCCCCCn1c(=O)c(OC(C)C)c(OCCCCCC)c2ccc(OC)cc21. The first kappa shape index (κ1) is 26.1. The fourth-order valence-corrected chi connectivity index (χ4v) is 3.96. The van der Waals surface area contributed by atoms with Crippen molar-refractivity contribution >= 4 is 10.9 Å². The third-order valence-electron chi connectivity index (χ3n) is 5.72. The molecule has 0 aliphatic rings. The Labute approximate surface area is 194 Å². The number of methoxy groups -OCH3 is 1. The van der Waals surface area contributed by atoms with Crippen LogP contribution in [0.4, 0.5) is 0 Å². The summed E-state index contributed by atoms with van der Waals surface area (Å²) >= 11 is 0. The summed E-state index contributed by atoms with van der Waals surface area (Å²) in [6.07, 6.45) is 11.4. The van der Waals surface area contributed by atoms with E-state index in [1.54, 1.807) is 7.11 Å². The lowest BCUT2D eigenvalue weighted by molar-refractivity contribution is 0.216. The minimum atomic E-state index is -0.114. The second-order valence-electron chi connectivity index (χ2n) is 8.84. The molecule has 0 atom stereocenters. The van der Waals surface area contributed by atoms with Gasteiger partial charge < -0.3 is 18.8 Å². The highest BCUT2D eigenvalue weighted by Crippen LogP contribution is 2.35. The van der Waals surface area contributed by atoms with E-state index in [0.717, 1.165) is 42.3 Å². The van der Waals surface area contributed by atoms with E-state index >= 15 is 0 Å². The predicted octanol–water partition coefficient (Wildman–Crippen LogP) is 7.12. The summed E-state index contributed by atoms with van der Waals surface area (Å²) in [4.78, 5) is 13.6. The molecule has 0 spiro atoms. The number of pyridine rings is 1. The molecule has 0 saturated carbocycles. The van der Waals surface area contributed by atoms with E-state index in [1.165, 1.54) is 38.5 Å². The Bertz CT molecular complexity index is 872. The van der Waals surface area contributed by atoms with Crippen LogP contribution in [-0.2, 0) is 6.54 Å². The van der Waals surface area contributed by atoms with Crippen LogP contribution in [0.3, 0.4) is 0 Å². The first-order valence-electron chi connectivity index (χ1n) is 12.6. The first-order chi connectivity index (χ1) is 15.5. The lowest BCUT2D eigenvalue weighted by atomic mass is 10.1. The molecule has 0 N–H and O–H groups in total. The molecular weight excluding hydrogens is 402 g/mol. The van der Waals surface area contributed by atoms with E-state index in [9.17, 15) is 4.79 Å². The van der Waals surface area contributed by atoms with Crippen LogP contribution < -0.4 is 19.8 Å². The van der Waals surface area contributed by atoms with Crippen molar-refractivity contribution in [2.75, 3.05) is 13.7 Å². The zero-order chi connectivity index (χ0) is 23.3. The first-order valence-corrected chi connectivity index (χ1v) is 12.6. The highest BCUT2D eigenvalue weighted by molar-refractivity contribution is 5.89. The van der Waals surface area contributed by atoms with Crippen molar-refractivity contribution < 1.29 is 14.2 Å². The Kier molecular flexibility index (Phi) is 11.5. The van der Waals surface area contributed by atoms with Gasteiger partial charge in [0.25, 0.3) is 5.56 Å². The number of aromatic nitrogens is 1. The van der Waals surface area contributed by atoms with Crippen LogP contribution in [0.15, 0.2) is 23.0 Å². The maximum absolute atomic E-state index is 13.6.